The molecule has 4 rings (SSSR count). The predicted molar refractivity (Wildman–Crippen MR) is 129 cm³/mol. The fourth-order valence-corrected chi connectivity index (χ4v) is 3.89. The lowest BCUT2D eigenvalue weighted by atomic mass is 9.98. The number of fused-ring (bicyclic) bond motifs is 1. The molecule has 0 heterocycles. The van der Waals surface area contributed by atoms with Gasteiger partial charge < -0.3 is 15.2 Å². The van der Waals surface area contributed by atoms with E-state index in [1.165, 1.54) is 0 Å². The summed E-state index contributed by atoms with van der Waals surface area (Å²) < 4.78 is 5.90. The lowest BCUT2D eigenvalue weighted by Crippen LogP contribution is -2.27. The van der Waals surface area contributed by atoms with E-state index in [1.807, 2.05) is 79.7 Å². The first-order chi connectivity index (χ1) is 16.0. The average Bonchev–Trinajstić information content (AvgIpc) is 2.83. The Bertz CT molecular complexity index is 1280. The highest BCUT2D eigenvalue weighted by molar-refractivity contribution is 5.97. The Kier molecular flexibility index (Phi) is 6.69. The molecule has 5 heteroatoms. The molecule has 0 saturated heterocycles. The summed E-state index contributed by atoms with van der Waals surface area (Å²) in [5, 5.41) is 14.4. The lowest BCUT2D eigenvalue weighted by Gasteiger charge is -2.18. The highest BCUT2D eigenvalue weighted by Crippen LogP contribution is 2.27. The largest absolute Gasteiger partial charge is 0.481 e. The summed E-state index contributed by atoms with van der Waals surface area (Å²) >= 11 is 0. The molecule has 1 atom stereocenters. The lowest BCUT2D eigenvalue weighted by molar-refractivity contribution is -0.136. The molecule has 0 radical (unpaired) electrons. The Labute approximate surface area is 192 Å². The Hall–Kier alpha value is -4.12. The summed E-state index contributed by atoms with van der Waals surface area (Å²) in [4.78, 5) is 24.4. The molecule has 0 aliphatic carbocycles. The zero-order valence-corrected chi connectivity index (χ0v) is 18.3. The molecule has 1 amide bonds. The number of hydrogen-bond donors (Lipinski definition) is 2. The molecule has 0 unspecified atom stereocenters. The van der Waals surface area contributed by atoms with E-state index < -0.39 is 5.97 Å². The Morgan fingerprint density at radius 1 is 0.879 bits per heavy atom. The maximum atomic E-state index is 13.3. The molecule has 0 spiro atoms. The van der Waals surface area contributed by atoms with Gasteiger partial charge in [0.15, 0.2) is 0 Å². The van der Waals surface area contributed by atoms with Crippen LogP contribution in [0.4, 0.5) is 0 Å². The second-order valence-corrected chi connectivity index (χ2v) is 7.89. The first kappa shape index (κ1) is 22.1. The molecule has 0 saturated carbocycles. The highest BCUT2D eigenvalue weighted by Gasteiger charge is 2.18. The quantitative estimate of drug-likeness (QED) is 0.346. The van der Waals surface area contributed by atoms with E-state index in [9.17, 15) is 9.59 Å². The average molecular weight is 440 g/mol. The van der Waals surface area contributed by atoms with Crippen LogP contribution in [0.3, 0.4) is 0 Å². The van der Waals surface area contributed by atoms with Crippen LogP contribution in [-0.4, -0.2) is 17.0 Å². The van der Waals surface area contributed by atoms with Crippen molar-refractivity contribution in [1.29, 1.82) is 0 Å². The third-order valence-electron chi connectivity index (χ3n) is 5.55. The number of carbonyl (C=O) groups is 2. The maximum absolute atomic E-state index is 13.3. The predicted octanol–water partition coefficient (Wildman–Crippen LogP) is 6.14. The number of aryl methyl sites for hydroxylation is 1. The van der Waals surface area contributed by atoms with Crippen molar-refractivity contribution in [3.63, 3.8) is 0 Å². The molecule has 0 bridgehead atoms. The van der Waals surface area contributed by atoms with Crippen molar-refractivity contribution in [2.45, 2.75) is 25.8 Å². The van der Waals surface area contributed by atoms with Crippen LogP contribution in [-0.2, 0) is 11.2 Å². The van der Waals surface area contributed by atoms with Crippen molar-refractivity contribution in [3.05, 3.63) is 108 Å². The van der Waals surface area contributed by atoms with Gasteiger partial charge >= 0.3 is 5.97 Å². The van der Waals surface area contributed by atoms with E-state index in [2.05, 4.69) is 5.32 Å². The number of carboxylic acids is 1. The first-order valence-corrected chi connectivity index (χ1v) is 10.9. The normalized spacial score (nSPS) is 11.7. The summed E-state index contributed by atoms with van der Waals surface area (Å²) in [6.45, 7) is 1.95. The van der Waals surface area contributed by atoms with Crippen LogP contribution in [0.5, 0.6) is 11.5 Å². The molecule has 166 valence electrons. The van der Waals surface area contributed by atoms with Crippen molar-refractivity contribution >= 4 is 22.6 Å². The van der Waals surface area contributed by atoms with E-state index in [0.29, 0.717) is 22.6 Å². The van der Waals surface area contributed by atoms with E-state index in [0.717, 1.165) is 16.3 Å². The SMILES string of the molecule is C[C@@H](NC(=O)c1cc(Oc2ccccc2)ccc1CCC(=O)O)c1cccc2ccccc12. The fourth-order valence-electron chi connectivity index (χ4n) is 3.89. The van der Waals surface area contributed by atoms with Crippen LogP contribution in [0.15, 0.2) is 91.0 Å². The number of rotatable bonds is 8. The summed E-state index contributed by atoms with van der Waals surface area (Å²) in [5.41, 5.74) is 2.10. The molecule has 2 N–H and O–H groups in total. The van der Waals surface area contributed by atoms with Crippen molar-refractivity contribution < 1.29 is 19.4 Å². The molecular weight excluding hydrogens is 414 g/mol. The minimum atomic E-state index is -0.907. The topological polar surface area (TPSA) is 75.6 Å². The van der Waals surface area contributed by atoms with Crippen molar-refractivity contribution in [1.82, 2.24) is 5.32 Å². The van der Waals surface area contributed by atoms with Gasteiger partial charge in [0.05, 0.1) is 6.04 Å². The summed E-state index contributed by atoms with van der Waals surface area (Å²) in [6.07, 6.45) is 0.199. The minimum absolute atomic E-state index is 0.0575. The molecule has 4 aromatic carbocycles. The van der Waals surface area contributed by atoms with Gasteiger partial charge in [-0.1, -0.05) is 66.7 Å². The van der Waals surface area contributed by atoms with Crippen molar-refractivity contribution in [2.24, 2.45) is 0 Å². The zero-order chi connectivity index (χ0) is 23.2. The smallest absolute Gasteiger partial charge is 0.303 e. The number of nitrogens with one attached hydrogen (secondary N) is 1. The zero-order valence-electron chi connectivity index (χ0n) is 18.3. The number of ether oxygens (including phenoxy) is 1. The Morgan fingerprint density at radius 3 is 2.39 bits per heavy atom. The minimum Gasteiger partial charge on any atom is -0.481 e. The number of para-hydroxylation sites is 1. The van der Waals surface area contributed by atoms with E-state index in [-0.39, 0.29) is 24.8 Å². The van der Waals surface area contributed by atoms with Crippen LogP contribution in [0.2, 0.25) is 0 Å². The maximum Gasteiger partial charge on any atom is 0.303 e. The third-order valence-corrected chi connectivity index (χ3v) is 5.55. The standard InChI is InChI=1S/C28H25NO4/c1-19(24-13-7-9-20-8-5-6-12-25(20)24)29-28(32)26-18-23(33-22-10-3-2-4-11-22)16-14-21(26)15-17-27(30)31/h2-14,16,18-19H,15,17H2,1H3,(H,29,32)(H,30,31)/t19-/m1/s1. The Balaban J connectivity index is 1.62. The number of carbonyl (C=O) groups excluding carboxylic acids is 1. The fraction of sp³-hybridized carbons (Fsp3) is 0.143. The number of carboxylic acid groups (broad SMARTS) is 1. The van der Waals surface area contributed by atoms with Gasteiger partial charge in [-0.15, -0.1) is 0 Å². The molecule has 4 aromatic rings. The molecular formula is C28H25NO4. The van der Waals surface area contributed by atoms with Gasteiger partial charge in [0.25, 0.3) is 5.91 Å². The number of benzene rings is 4. The van der Waals surface area contributed by atoms with Gasteiger partial charge in [-0.05, 0) is 59.5 Å². The van der Waals surface area contributed by atoms with Crippen LogP contribution < -0.4 is 10.1 Å². The van der Waals surface area contributed by atoms with Crippen LogP contribution in [0.1, 0.15) is 40.9 Å². The van der Waals surface area contributed by atoms with Crippen LogP contribution >= 0.6 is 0 Å². The molecule has 0 aliphatic heterocycles. The van der Waals surface area contributed by atoms with E-state index in [4.69, 9.17) is 9.84 Å². The summed E-state index contributed by atoms with van der Waals surface area (Å²) in [6, 6.07) is 28.3. The van der Waals surface area contributed by atoms with E-state index in [1.54, 1.807) is 18.2 Å². The van der Waals surface area contributed by atoms with Crippen molar-refractivity contribution in [3.8, 4) is 11.5 Å². The van der Waals surface area contributed by atoms with Crippen molar-refractivity contribution in [2.75, 3.05) is 0 Å². The summed E-state index contributed by atoms with van der Waals surface area (Å²) in [5.74, 6) is -0.000986. The Morgan fingerprint density at radius 2 is 1.61 bits per heavy atom. The second-order valence-electron chi connectivity index (χ2n) is 7.89. The monoisotopic (exact) mass is 439 g/mol. The molecule has 33 heavy (non-hydrogen) atoms. The molecule has 0 aromatic heterocycles. The van der Waals surface area contributed by atoms with Crippen LogP contribution in [0.25, 0.3) is 10.8 Å². The molecule has 0 fully saturated rings. The third kappa shape index (κ3) is 5.39. The van der Waals surface area contributed by atoms with Gasteiger partial charge in [-0.25, -0.2) is 0 Å². The number of amides is 1. The van der Waals surface area contributed by atoms with Gasteiger partial charge in [-0.3, -0.25) is 9.59 Å². The molecule has 0 aliphatic rings. The van der Waals surface area contributed by atoms with Gasteiger partial charge in [0, 0.05) is 12.0 Å². The van der Waals surface area contributed by atoms with Gasteiger partial charge in [0.2, 0.25) is 0 Å². The number of hydrogen-bond acceptors (Lipinski definition) is 3. The molecule has 5 nitrogen and oxygen atoms in total. The first-order valence-electron chi connectivity index (χ1n) is 10.9. The van der Waals surface area contributed by atoms with E-state index >= 15 is 0 Å². The number of aliphatic carboxylic acids is 1. The van der Waals surface area contributed by atoms with Gasteiger partial charge in [0.1, 0.15) is 11.5 Å². The second kappa shape index (κ2) is 10.0. The van der Waals surface area contributed by atoms with Crippen LogP contribution in [0, 0.1) is 0 Å². The highest BCUT2D eigenvalue weighted by atomic mass is 16.5. The summed E-state index contributed by atoms with van der Waals surface area (Å²) in [7, 11) is 0. The van der Waals surface area contributed by atoms with Gasteiger partial charge in [-0.2, -0.15) is 0 Å².